The third-order valence-corrected chi connectivity index (χ3v) is 7.24. The predicted octanol–water partition coefficient (Wildman–Crippen LogP) is 5.70. The first-order chi connectivity index (χ1) is 18.1. The number of benzene rings is 3. The maximum Gasteiger partial charge on any atom is 0.283 e. The van der Waals surface area contributed by atoms with E-state index in [0.29, 0.717) is 16.8 Å². The molecule has 0 radical (unpaired) electrons. The molecule has 0 spiro atoms. The van der Waals surface area contributed by atoms with Crippen LogP contribution in [0.25, 0.3) is 17.0 Å². The van der Waals surface area contributed by atoms with Crippen LogP contribution in [-0.2, 0) is 11.3 Å². The molecule has 6 rings (SSSR count). The van der Waals surface area contributed by atoms with Gasteiger partial charge in [-0.3, -0.25) is 10.2 Å². The highest BCUT2D eigenvalue weighted by Gasteiger charge is 2.36. The monoisotopic (exact) mass is 505 g/mol. The number of fused-ring (bicyclic) bond motifs is 2. The van der Waals surface area contributed by atoms with E-state index in [1.807, 2.05) is 73.7 Å². The number of hydrazone groups is 1. The Morgan fingerprint density at radius 2 is 1.68 bits per heavy atom. The summed E-state index contributed by atoms with van der Waals surface area (Å²) in [6, 6.07) is 27.9. The first-order valence-electron chi connectivity index (χ1n) is 11.9. The average molecular weight is 506 g/mol. The smallest absolute Gasteiger partial charge is 0.283 e. The fourth-order valence-electron chi connectivity index (χ4n) is 4.51. The van der Waals surface area contributed by atoms with Crippen LogP contribution in [0, 0.1) is 12.3 Å². The van der Waals surface area contributed by atoms with Gasteiger partial charge in [-0.25, -0.2) is 0 Å². The first kappa shape index (κ1) is 23.0. The van der Waals surface area contributed by atoms with Crippen LogP contribution in [0.2, 0.25) is 0 Å². The molecule has 2 aliphatic heterocycles. The number of hydrogen-bond donors (Lipinski definition) is 1. The summed E-state index contributed by atoms with van der Waals surface area (Å²) in [4.78, 5) is 17.3. The van der Waals surface area contributed by atoms with Gasteiger partial charge < -0.3 is 9.30 Å². The highest BCUT2D eigenvalue weighted by Crippen LogP contribution is 2.32. The largest absolute Gasteiger partial charge is 0.487 e. The second kappa shape index (κ2) is 9.55. The molecule has 0 unspecified atom stereocenters. The van der Waals surface area contributed by atoms with E-state index in [2.05, 4.69) is 32.9 Å². The highest BCUT2D eigenvalue weighted by molar-refractivity contribution is 8.27. The minimum Gasteiger partial charge on any atom is -0.487 e. The van der Waals surface area contributed by atoms with Gasteiger partial charge in [0.15, 0.2) is 5.84 Å². The molecule has 7 nitrogen and oxygen atoms in total. The highest BCUT2D eigenvalue weighted by atomic mass is 32.2. The Bertz CT molecular complexity index is 1620. The third-order valence-electron chi connectivity index (χ3n) is 6.35. The number of thioether (sulfide) groups is 1. The summed E-state index contributed by atoms with van der Waals surface area (Å²) in [6.45, 7) is 2.99. The number of rotatable bonds is 6. The molecule has 4 aromatic rings. The zero-order valence-electron chi connectivity index (χ0n) is 20.1. The zero-order chi connectivity index (χ0) is 25.4. The topological polar surface area (TPSA) is 83.0 Å². The van der Waals surface area contributed by atoms with E-state index in [1.165, 1.54) is 22.3 Å². The fraction of sp³-hybridized carbons (Fsp3) is 0.103. The number of carbonyl (C=O) groups excluding carboxylic acids is 1. The van der Waals surface area contributed by atoms with E-state index in [-0.39, 0.29) is 18.0 Å². The summed E-state index contributed by atoms with van der Waals surface area (Å²) in [7, 11) is 0. The van der Waals surface area contributed by atoms with Gasteiger partial charge in [0, 0.05) is 28.7 Å². The quantitative estimate of drug-likeness (QED) is 0.341. The second-order valence-electron chi connectivity index (χ2n) is 8.70. The summed E-state index contributed by atoms with van der Waals surface area (Å²) < 4.78 is 8.03. The second-order valence-corrected chi connectivity index (χ2v) is 9.74. The number of carbonyl (C=O) groups is 1. The van der Waals surface area contributed by atoms with Crippen molar-refractivity contribution in [2.75, 3.05) is 6.61 Å². The summed E-state index contributed by atoms with van der Waals surface area (Å²) in [6.07, 6.45) is 1.78. The van der Waals surface area contributed by atoms with Crippen LogP contribution < -0.4 is 4.74 Å². The number of para-hydroxylation sites is 2. The van der Waals surface area contributed by atoms with Gasteiger partial charge in [-0.2, -0.15) is 15.1 Å². The van der Waals surface area contributed by atoms with Gasteiger partial charge in [-0.05, 0) is 48.5 Å². The van der Waals surface area contributed by atoms with Crippen molar-refractivity contribution in [3.8, 4) is 5.75 Å². The molecule has 182 valence electrons. The van der Waals surface area contributed by atoms with Crippen molar-refractivity contribution in [2.24, 2.45) is 10.1 Å². The maximum atomic E-state index is 13.1. The van der Waals surface area contributed by atoms with Crippen molar-refractivity contribution >= 4 is 50.7 Å². The van der Waals surface area contributed by atoms with Crippen molar-refractivity contribution in [3.05, 3.63) is 107 Å². The van der Waals surface area contributed by atoms with Crippen LogP contribution in [0.4, 0.5) is 0 Å². The van der Waals surface area contributed by atoms with Crippen molar-refractivity contribution in [3.63, 3.8) is 0 Å². The lowest BCUT2D eigenvalue weighted by molar-refractivity contribution is -0.114. The normalized spacial score (nSPS) is 16.2. The van der Waals surface area contributed by atoms with Crippen molar-refractivity contribution < 1.29 is 9.53 Å². The number of aromatic nitrogens is 1. The number of nitrogens with one attached hydrogen (secondary N) is 1. The fourth-order valence-corrected chi connectivity index (χ4v) is 5.30. The lowest BCUT2D eigenvalue weighted by atomic mass is 10.1. The Labute approximate surface area is 218 Å². The van der Waals surface area contributed by atoms with Crippen LogP contribution in [0.1, 0.15) is 16.8 Å². The van der Waals surface area contributed by atoms with Crippen molar-refractivity contribution in [1.82, 2.24) is 9.58 Å². The average Bonchev–Trinajstić information content (AvgIpc) is 3.45. The Morgan fingerprint density at radius 3 is 2.46 bits per heavy atom. The Morgan fingerprint density at radius 1 is 0.973 bits per heavy atom. The molecule has 3 aromatic carbocycles. The van der Waals surface area contributed by atoms with Crippen LogP contribution in [0.5, 0.6) is 5.75 Å². The number of aliphatic imine (C=N–C) groups is 1. The van der Waals surface area contributed by atoms with Gasteiger partial charge in [0.1, 0.15) is 17.4 Å². The van der Waals surface area contributed by atoms with Gasteiger partial charge in [0.05, 0.1) is 5.57 Å². The Hall–Kier alpha value is -4.43. The number of nitrogens with zero attached hydrogens (tertiary/aromatic N) is 4. The Kier molecular flexibility index (Phi) is 5.94. The molecule has 0 atom stereocenters. The molecule has 0 bridgehead atoms. The molecule has 3 heterocycles. The zero-order valence-corrected chi connectivity index (χ0v) is 20.9. The standard InChI is InChI=1S/C29H23N5O2S/c1-19-23(22-14-8-9-15-25(22)33(19)17-20-10-4-2-5-11-20)16-24-27(30)34-29(31-28(24)35)37-26(32-34)18-36-21-12-6-3-7-13-21/h2-16,30H,17-18H2,1H3/b24-16+,30-27?. The van der Waals surface area contributed by atoms with E-state index in [4.69, 9.17) is 10.1 Å². The van der Waals surface area contributed by atoms with E-state index >= 15 is 0 Å². The van der Waals surface area contributed by atoms with Crippen LogP contribution in [-0.4, -0.2) is 38.1 Å². The van der Waals surface area contributed by atoms with Crippen LogP contribution in [0.3, 0.4) is 0 Å². The van der Waals surface area contributed by atoms with Crippen LogP contribution in [0.15, 0.2) is 101 Å². The molecular weight excluding hydrogens is 482 g/mol. The minimum absolute atomic E-state index is 0.0106. The SMILES string of the molecule is Cc1c(/C=C2\C(=N)N3N=C(COc4ccccc4)SC3=NC2=O)c2ccccc2n1Cc1ccccc1. The van der Waals surface area contributed by atoms with E-state index < -0.39 is 5.91 Å². The molecule has 1 amide bonds. The number of ether oxygens (including phenoxy) is 1. The van der Waals surface area contributed by atoms with Crippen molar-refractivity contribution in [1.29, 1.82) is 5.41 Å². The van der Waals surface area contributed by atoms with Gasteiger partial charge in [-0.1, -0.05) is 66.7 Å². The molecule has 0 saturated carbocycles. The van der Waals surface area contributed by atoms with E-state index in [0.717, 1.165) is 27.9 Å². The molecular formula is C29H23N5O2S. The van der Waals surface area contributed by atoms with E-state index in [9.17, 15) is 4.79 Å². The van der Waals surface area contributed by atoms with Gasteiger partial charge in [0.2, 0.25) is 5.17 Å². The summed E-state index contributed by atoms with van der Waals surface area (Å²) in [5.74, 6) is 0.298. The van der Waals surface area contributed by atoms with Crippen LogP contribution >= 0.6 is 11.8 Å². The molecule has 8 heteroatoms. The summed E-state index contributed by atoms with van der Waals surface area (Å²) >= 11 is 1.25. The summed E-state index contributed by atoms with van der Waals surface area (Å²) in [5.41, 5.74) is 4.40. The number of amidine groups is 2. The van der Waals surface area contributed by atoms with E-state index in [1.54, 1.807) is 6.08 Å². The molecule has 1 aromatic heterocycles. The van der Waals surface area contributed by atoms with Gasteiger partial charge in [0.25, 0.3) is 5.91 Å². The lowest BCUT2D eigenvalue weighted by Gasteiger charge is -2.20. The van der Waals surface area contributed by atoms with Crippen molar-refractivity contribution in [2.45, 2.75) is 13.5 Å². The number of hydrogen-bond acceptors (Lipinski definition) is 5. The third kappa shape index (κ3) is 4.36. The minimum atomic E-state index is -0.441. The molecule has 1 N–H and O–H groups in total. The molecule has 0 aliphatic carbocycles. The molecule has 2 aliphatic rings. The molecule has 0 fully saturated rings. The van der Waals surface area contributed by atoms with Gasteiger partial charge in [-0.15, -0.1) is 0 Å². The summed E-state index contributed by atoms with van der Waals surface area (Å²) in [5, 5.41) is 16.8. The first-order valence-corrected chi connectivity index (χ1v) is 12.7. The lowest BCUT2D eigenvalue weighted by Crippen LogP contribution is -2.35. The molecule has 0 saturated heterocycles. The Balaban J connectivity index is 1.32. The maximum absolute atomic E-state index is 13.1. The predicted molar refractivity (Wildman–Crippen MR) is 149 cm³/mol. The van der Waals surface area contributed by atoms with Gasteiger partial charge >= 0.3 is 0 Å². The number of amides is 1. The molecule has 37 heavy (non-hydrogen) atoms.